The van der Waals surface area contributed by atoms with Gasteiger partial charge in [0.05, 0.1) is 6.61 Å². The average Bonchev–Trinajstić information content (AvgIpc) is 2.88. The molecular formula is C9H18N2OS. The van der Waals surface area contributed by atoms with Crippen molar-refractivity contribution in [3.05, 3.63) is 0 Å². The maximum absolute atomic E-state index is 5.25. The fourth-order valence-electron chi connectivity index (χ4n) is 0.960. The number of hydrogen-bond donors (Lipinski definition) is 1. The highest BCUT2D eigenvalue weighted by Gasteiger charge is 2.22. The highest BCUT2D eigenvalue weighted by molar-refractivity contribution is 7.80. The van der Waals surface area contributed by atoms with E-state index in [2.05, 4.69) is 5.32 Å². The molecule has 13 heavy (non-hydrogen) atoms. The van der Waals surface area contributed by atoms with Crippen LogP contribution in [0.5, 0.6) is 0 Å². The van der Waals surface area contributed by atoms with Crippen LogP contribution >= 0.6 is 12.2 Å². The SMILES string of the molecule is CCOCCN(C)C(=S)NC1CC1. The lowest BCUT2D eigenvalue weighted by Crippen LogP contribution is -2.39. The first-order valence-corrected chi connectivity index (χ1v) is 5.24. The molecule has 0 aliphatic heterocycles. The van der Waals surface area contributed by atoms with Crippen molar-refractivity contribution in [1.82, 2.24) is 10.2 Å². The van der Waals surface area contributed by atoms with Crippen molar-refractivity contribution in [3.63, 3.8) is 0 Å². The first-order valence-electron chi connectivity index (χ1n) is 4.83. The topological polar surface area (TPSA) is 24.5 Å². The maximum atomic E-state index is 5.25. The lowest BCUT2D eigenvalue weighted by molar-refractivity contribution is 0.136. The number of likely N-dealkylation sites (N-methyl/N-ethyl adjacent to an activating group) is 1. The molecule has 0 atom stereocenters. The largest absolute Gasteiger partial charge is 0.380 e. The van der Waals surface area contributed by atoms with E-state index >= 15 is 0 Å². The molecule has 0 heterocycles. The summed E-state index contributed by atoms with van der Waals surface area (Å²) in [6, 6.07) is 0.641. The third-order valence-corrected chi connectivity index (χ3v) is 2.46. The maximum Gasteiger partial charge on any atom is 0.168 e. The van der Waals surface area contributed by atoms with Gasteiger partial charge in [-0.25, -0.2) is 0 Å². The van der Waals surface area contributed by atoms with Crippen LogP contribution in [0.25, 0.3) is 0 Å². The number of thiocarbonyl (C=S) groups is 1. The normalized spacial score (nSPS) is 15.5. The first kappa shape index (κ1) is 10.7. The van der Waals surface area contributed by atoms with E-state index in [1.165, 1.54) is 12.8 Å². The molecule has 76 valence electrons. The van der Waals surface area contributed by atoms with Crippen LogP contribution in [0.3, 0.4) is 0 Å². The molecular weight excluding hydrogens is 184 g/mol. The summed E-state index contributed by atoms with van der Waals surface area (Å²) in [7, 11) is 2.00. The Bertz CT molecular complexity index is 171. The van der Waals surface area contributed by atoms with Gasteiger partial charge in [0.1, 0.15) is 0 Å². The summed E-state index contributed by atoms with van der Waals surface area (Å²) in [6.07, 6.45) is 2.53. The van der Waals surface area contributed by atoms with Crippen molar-refractivity contribution in [2.75, 3.05) is 26.8 Å². The minimum absolute atomic E-state index is 0.641. The van der Waals surface area contributed by atoms with Gasteiger partial charge in [-0.05, 0) is 32.0 Å². The van der Waals surface area contributed by atoms with Crippen molar-refractivity contribution < 1.29 is 4.74 Å². The predicted octanol–water partition coefficient (Wildman–Crippen LogP) is 0.992. The van der Waals surface area contributed by atoms with Crippen molar-refractivity contribution in [3.8, 4) is 0 Å². The smallest absolute Gasteiger partial charge is 0.168 e. The third kappa shape index (κ3) is 4.43. The van der Waals surface area contributed by atoms with Gasteiger partial charge < -0.3 is 15.0 Å². The second kappa shape index (κ2) is 5.40. The van der Waals surface area contributed by atoms with Crippen LogP contribution in [-0.4, -0.2) is 42.9 Å². The third-order valence-electron chi connectivity index (χ3n) is 2.03. The van der Waals surface area contributed by atoms with E-state index in [0.29, 0.717) is 6.04 Å². The number of nitrogens with one attached hydrogen (secondary N) is 1. The Morgan fingerprint density at radius 3 is 2.85 bits per heavy atom. The molecule has 1 rings (SSSR count). The highest BCUT2D eigenvalue weighted by Crippen LogP contribution is 2.18. The Labute approximate surface area is 85.4 Å². The van der Waals surface area contributed by atoms with Gasteiger partial charge >= 0.3 is 0 Å². The molecule has 0 amide bonds. The molecule has 0 aromatic carbocycles. The number of nitrogens with zero attached hydrogens (tertiary/aromatic N) is 1. The van der Waals surface area contributed by atoms with Gasteiger partial charge in [0, 0.05) is 26.2 Å². The van der Waals surface area contributed by atoms with E-state index in [1.54, 1.807) is 0 Å². The van der Waals surface area contributed by atoms with Crippen LogP contribution in [-0.2, 0) is 4.74 Å². The van der Waals surface area contributed by atoms with Gasteiger partial charge in [0.25, 0.3) is 0 Å². The molecule has 0 bridgehead atoms. The standard InChI is InChI=1S/C9H18N2OS/c1-3-12-7-6-11(2)9(13)10-8-4-5-8/h8H,3-7H2,1-2H3,(H,10,13). The highest BCUT2D eigenvalue weighted by atomic mass is 32.1. The van der Waals surface area contributed by atoms with E-state index in [9.17, 15) is 0 Å². The molecule has 1 saturated carbocycles. The molecule has 0 unspecified atom stereocenters. The zero-order chi connectivity index (χ0) is 9.68. The number of rotatable bonds is 5. The summed E-state index contributed by atoms with van der Waals surface area (Å²) in [5.41, 5.74) is 0. The van der Waals surface area contributed by atoms with Crippen molar-refractivity contribution in [1.29, 1.82) is 0 Å². The molecule has 4 heteroatoms. The second-order valence-electron chi connectivity index (χ2n) is 3.34. The summed E-state index contributed by atoms with van der Waals surface area (Å²) >= 11 is 5.20. The zero-order valence-corrected chi connectivity index (χ0v) is 9.19. The lowest BCUT2D eigenvalue weighted by atomic mass is 10.6. The fourth-order valence-corrected chi connectivity index (χ4v) is 1.22. The van der Waals surface area contributed by atoms with Gasteiger partial charge in [0.2, 0.25) is 0 Å². The van der Waals surface area contributed by atoms with Crippen molar-refractivity contribution in [2.24, 2.45) is 0 Å². The van der Waals surface area contributed by atoms with Crippen LogP contribution in [0.15, 0.2) is 0 Å². The first-order chi connectivity index (χ1) is 6.24. The van der Waals surface area contributed by atoms with Crippen LogP contribution in [0.2, 0.25) is 0 Å². The molecule has 0 radical (unpaired) electrons. The molecule has 0 spiro atoms. The fraction of sp³-hybridized carbons (Fsp3) is 0.889. The predicted molar refractivity (Wildman–Crippen MR) is 57.9 cm³/mol. The summed E-state index contributed by atoms with van der Waals surface area (Å²) in [5.74, 6) is 0. The van der Waals surface area contributed by atoms with Crippen LogP contribution in [0.1, 0.15) is 19.8 Å². The summed E-state index contributed by atoms with van der Waals surface area (Å²) in [6.45, 7) is 4.39. The van der Waals surface area contributed by atoms with Crippen molar-refractivity contribution in [2.45, 2.75) is 25.8 Å². The second-order valence-corrected chi connectivity index (χ2v) is 3.73. The van der Waals surface area contributed by atoms with Gasteiger partial charge in [-0.1, -0.05) is 0 Å². The van der Waals surface area contributed by atoms with Crippen LogP contribution in [0, 0.1) is 0 Å². The van der Waals surface area contributed by atoms with E-state index in [1.807, 2.05) is 18.9 Å². The molecule has 1 aliphatic rings. The minimum atomic E-state index is 0.641. The lowest BCUT2D eigenvalue weighted by Gasteiger charge is -2.20. The Hall–Kier alpha value is -0.350. The van der Waals surface area contributed by atoms with Gasteiger partial charge in [-0.3, -0.25) is 0 Å². The Morgan fingerprint density at radius 2 is 2.31 bits per heavy atom. The van der Waals surface area contributed by atoms with Gasteiger partial charge in [0.15, 0.2) is 5.11 Å². The Morgan fingerprint density at radius 1 is 1.62 bits per heavy atom. The number of ether oxygens (including phenoxy) is 1. The van der Waals surface area contributed by atoms with E-state index < -0.39 is 0 Å². The summed E-state index contributed by atoms with van der Waals surface area (Å²) < 4.78 is 5.25. The molecule has 0 aromatic heterocycles. The van der Waals surface area contributed by atoms with E-state index in [0.717, 1.165) is 24.9 Å². The summed E-state index contributed by atoms with van der Waals surface area (Å²) in [5, 5.41) is 4.13. The minimum Gasteiger partial charge on any atom is -0.380 e. The molecule has 1 fully saturated rings. The molecule has 1 N–H and O–H groups in total. The summed E-state index contributed by atoms with van der Waals surface area (Å²) in [4.78, 5) is 2.03. The van der Waals surface area contributed by atoms with E-state index in [4.69, 9.17) is 17.0 Å². The van der Waals surface area contributed by atoms with Gasteiger partial charge in [-0.15, -0.1) is 0 Å². The monoisotopic (exact) mass is 202 g/mol. The quantitative estimate of drug-likeness (QED) is 0.531. The number of hydrogen-bond acceptors (Lipinski definition) is 2. The van der Waals surface area contributed by atoms with Crippen molar-refractivity contribution >= 4 is 17.3 Å². The van der Waals surface area contributed by atoms with E-state index in [-0.39, 0.29) is 0 Å². The Balaban J connectivity index is 2.05. The molecule has 1 aliphatic carbocycles. The van der Waals surface area contributed by atoms with Gasteiger partial charge in [-0.2, -0.15) is 0 Å². The molecule has 0 aromatic rings. The Kier molecular flexibility index (Phi) is 4.45. The van der Waals surface area contributed by atoms with Crippen LogP contribution < -0.4 is 5.32 Å². The van der Waals surface area contributed by atoms with Crippen LogP contribution in [0.4, 0.5) is 0 Å². The molecule has 3 nitrogen and oxygen atoms in total. The zero-order valence-electron chi connectivity index (χ0n) is 8.38. The average molecular weight is 202 g/mol. The molecule has 0 saturated heterocycles.